The van der Waals surface area contributed by atoms with Crippen LogP contribution in [0, 0.1) is 0 Å². The molecule has 0 unspecified atom stereocenters. The number of hydrogen-bond donors (Lipinski definition) is 0. The van der Waals surface area contributed by atoms with Crippen LogP contribution in [0.1, 0.15) is 0 Å². The van der Waals surface area contributed by atoms with Gasteiger partial charge in [0, 0.05) is 26.3 Å². The summed E-state index contributed by atoms with van der Waals surface area (Å²) in [5.74, 6) is 0. The first-order valence-electron chi connectivity index (χ1n) is 6.20. The minimum Gasteiger partial charge on any atom is -0.256 e. The van der Waals surface area contributed by atoms with E-state index in [1.54, 1.807) is 0 Å². The molecule has 98 valence electrons. The molecule has 0 amide bonds. The standard InChI is InChI=1S/C17H11Br2N/c18-15-8-14(9-16(19)10-15)17-7-6-13(11-20-17)12-4-2-1-3-5-12/h1-11H. The molecule has 3 aromatic rings. The summed E-state index contributed by atoms with van der Waals surface area (Å²) in [7, 11) is 0. The third-order valence-corrected chi connectivity index (χ3v) is 3.94. The van der Waals surface area contributed by atoms with Crippen LogP contribution in [0.25, 0.3) is 22.4 Å². The molecule has 0 saturated carbocycles. The monoisotopic (exact) mass is 387 g/mol. The molecular weight excluding hydrogens is 378 g/mol. The quantitative estimate of drug-likeness (QED) is 0.529. The molecule has 3 rings (SSSR count). The summed E-state index contributed by atoms with van der Waals surface area (Å²) in [6.07, 6.45) is 1.92. The van der Waals surface area contributed by atoms with Gasteiger partial charge in [-0.15, -0.1) is 0 Å². The van der Waals surface area contributed by atoms with Crippen molar-refractivity contribution >= 4 is 31.9 Å². The van der Waals surface area contributed by atoms with Gasteiger partial charge in [-0.2, -0.15) is 0 Å². The number of halogens is 2. The van der Waals surface area contributed by atoms with Crippen molar-refractivity contribution in [3.63, 3.8) is 0 Å². The maximum atomic E-state index is 4.57. The second-order valence-corrected chi connectivity index (χ2v) is 6.29. The number of nitrogens with zero attached hydrogens (tertiary/aromatic N) is 1. The Morgan fingerprint density at radius 1 is 0.650 bits per heavy atom. The molecule has 1 nitrogen and oxygen atoms in total. The van der Waals surface area contributed by atoms with E-state index in [1.807, 2.05) is 30.5 Å². The van der Waals surface area contributed by atoms with Crippen molar-refractivity contribution in [2.45, 2.75) is 0 Å². The molecule has 0 fully saturated rings. The van der Waals surface area contributed by atoms with Gasteiger partial charge >= 0.3 is 0 Å². The Morgan fingerprint density at radius 3 is 1.95 bits per heavy atom. The molecule has 20 heavy (non-hydrogen) atoms. The van der Waals surface area contributed by atoms with Crippen LogP contribution in [-0.4, -0.2) is 4.98 Å². The van der Waals surface area contributed by atoms with Crippen molar-refractivity contribution in [1.82, 2.24) is 4.98 Å². The highest BCUT2D eigenvalue weighted by molar-refractivity contribution is 9.11. The average molecular weight is 389 g/mol. The van der Waals surface area contributed by atoms with Crippen LogP contribution in [0.3, 0.4) is 0 Å². The molecule has 0 aliphatic rings. The lowest BCUT2D eigenvalue weighted by molar-refractivity contribution is 1.32. The van der Waals surface area contributed by atoms with Gasteiger partial charge in [0.1, 0.15) is 0 Å². The van der Waals surface area contributed by atoms with Crippen molar-refractivity contribution in [3.05, 3.63) is 75.8 Å². The maximum absolute atomic E-state index is 4.57. The van der Waals surface area contributed by atoms with Gasteiger partial charge < -0.3 is 0 Å². The topological polar surface area (TPSA) is 12.9 Å². The van der Waals surface area contributed by atoms with Crippen LogP contribution in [0.5, 0.6) is 0 Å². The lowest BCUT2D eigenvalue weighted by atomic mass is 10.1. The summed E-state index contributed by atoms with van der Waals surface area (Å²) in [5.41, 5.74) is 4.36. The molecule has 3 heteroatoms. The number of pyridine rings is 1. The molecule has 0 atom stereocenters. The highest BCUT2D eigenvalue weighted by Gasteiger charge is 2.03. The van der Waals surface area contributed by atoms with Gasteiger partial charge in [-0.3, -0.25) is 4.98 Å². The van der Waals surface area contributed by atoms with Crippen molar-refractivity contribution in [3.8, 4) is 22.4 Å². The average Bonchev–Trinajstić information content (AvgIpc) is 2.47. The predicted molar refractivity (Wildman–Crippen MR) is 90.5 cm³/mol. The molecule has 0 spiro atoms. The van der Waals surface area contributed by atoms with Gasteiger partial charge in [0.05, 0.1) is 5.69 Å². The maximum Gasteiger partial charge on any atom is 0.0703 e. The van der Waals surface area contributed by atoms with Gasteiger partial charge in [-0.25, -0.2) is 0 Å². The van der Waals surface area contributed by atoms with E-state index in [2.05, 4.69) is 73.2 Å². The summed E-state index contributed by atoms with van der Waals surface area (Å²) >= 11 is 7.01. The summed E-state index contributed by atoms with van der Waals surface area (Å²) < 4.78 is 2.08. The first-order valence-corrected chi connectivity index (χ1v) is 7.79. The van der Waals surface area contributed by atoms with E-state index >= 15 is 0 Å². The first kappa shape index (κ1) is 13.5. The highest BCUT2D eigenvalue weighted by atomic mass is 79.9. The fraction of sp³-hybridized carbons (Fsp3) is 0. The van der Waals surface area contributed by atoms with Gasteiger partial charge in [0.15, 0.2) is 0 Å². The number of aromatic nitrogens is 1. The molecule has 0 aliphatic heterocycles. The summed E-state index contributed by atoms with van der Waals surface area (Å²) in [6.45, 7) is 0. The van der Waals surface area contributed by atoms with Crippen LogP contribution >= 0.6 is 31.9 Å². The van der Waals surface area contributed by atoms with Crippen LogP contribution < -0.4 is 0 Å². The smallest absolute Gasteiger partial charge is 0.0703 e. The van der Waals surface area contributed by atoms with E-state index in [0.29, 0.717) is 0 Å². The predicted octanol–water partition coefficient (Wildman–Crippen LogP) is 5.94. The molecule has 0 saturated heterocycles. The Morgan fingerprint density at radius 2 is 1.35 bits per heavy atom. The molecule has 1 heterocycles. The Bertz CT molecular complexity index is 701. The Kier molecular flexibility index (Phi) is 3.99. The number of rotatable bonds is 2. The summed E-state index contributed by atoms with van der Waals surface area (Å²) in [5, 5.41) is 0. The zero-order valence-electron chi connectivity index (χ0n) is 10.6. The third kappa shape index (κ3) is 3.00. The van der Waals surface area contributed by atoms with Crippen molar-refractivity contribution in [2.75, 3.05) is 0 Å². The highest BCUT2D eigenvalue weighted by Crippen LogP contribution is 2.27. The zero-order chi connectivity index (χ0) is 13.9. The minimum absolute atomic E-state index is 0.965. The number of benzene rings is 2. The number of hydrogen-bond acceptors (Lipinski definition) is 1. The van der Waals surface area contributed by atoms with Gasteiger partial charge in [-0.1, -0.05) is 68.3 Å². The lowest BCUT2D eigenvalue weighted by Crippen LogP contribution is -1.85. The van der Waals surface area contributed by atoms with Crippen LogP contribution in [-0.2, 0) is 0 Å². The second-order valence-electron chi connectivity index (χ2n) is 4.46. The van der Waals surface area contributed by atoms with Crippen LogP contribution in [0.2, 0.25) is 0 Å². The van der Waals surface area contributed by atoms with Crippen molar-refractivity contribution in [1.29, 1.82) is 0 Å². The lowest BCUT2D eigenvalue weighted by Gasteiger charge is -2.05. The second kappa shape index (κ2) is 5.90. The van der Waals surface area contributed by atoms with E-state index < -0.39 is 0 Å². The van der Waals surface area contributed by atoms with Crippen molar-refractivity contribution in [2.24, 2.45) is 0 Å². The fourth-order valence-electron chi connectivity index (χ4n) is 2.07. The molecule has 0 N–H and O–H groups in total. The molecular formula is C17H11Br2N. The van der Waals surface area contributed by atoms with E-state index in [4.69, 9.17) is 0 Å². The summed E-state index contributed by atoms with van der Waals surface area (Å²) in [6, 6.07) is 20.6. The van der Waals surface area contributed by atoms with E-state index in [1.165, 1.54) is 5.56 Å². The third-order valence-electron chi connectivity index (χ3n) is 3.03. The van der Waals surface area contributed by atoms with Crippen LogP contribution in [0.4, 0.5) is 0 Å². The van der Waals surface area contributed by atoms with E-state index in [0.717, 1.165) is 25.8 Å². The minimum atomic E-state index is 0.965. The Balaban J connectivity index is 1.97. The summed E-state index contributed by atoms with van der Waals surface area (Å²) in [4.78, 5) is 4.57. The van der Waals surface area contributed by atoms with Gasteiger partial charge in [0.2, 0.25) is 0 Å². The first-order chi connectivity index (χ1) is 9.72. The molecule has 2 aromatic carbocycles. The van der Waals surface area contributed by atoms with E-state index in [-0.39, 0.29) is 0 Å². The molecule has 1 aromatic heterocycles. The normalized spacial score (nSPS) is 10.5. The van der Waals surface area contributed by atoms with Crippen molar-refractivity contribution < 1.29 is 0 Å². The molecule has 0 aliphatic carbocycles. The van der Waals surface area contributed by atoms with Gasteiger partial charge in [0.25, 0.3) is 0 Å². The molecule has 0 bridgehead atoms. The Hall–Kier alpha value is -1.45. The van der Waals surface area contributed by atoms with E-state index in [9.17, 15) is 0 Å². The molecule has 0 radical (unpaired) electrons. The fourth-order valence-corrected chi connectivity index (χ4v) is 3.36. The largest absolute Gasteiger partial charge is 0.256 e. The van der Waals surface area contributed by atoms with Crippen LogP contribution in [0.15, 0.2) is 75.8 Å². The Labute approximate surface area is 135 Å². The van der Waals surface area contributed by atoms with Gasteiger partial charge in [-0.05, 0) is 29.8 Å². The zero-order valence-corrected chi connectivity index (χ0v) is 13.7. The SMILES string of the molecule is Brc1cc(Br)cc(-c2ccc(-c3ccccc3)cn2)c1.